The maximum Gasteiger partial charge on any atom is 0.164 e. The van der Waals surface area contributed by atoms with Crippen LogP contribution in [0.3, 0.4) is 0 Å². The lowest BCUT2D eigenvalue weighted by Gasteiger charge is -2.39. The van der Waals surface area contributed by atoms with Crippen LogP contribution in [0.4, 0.5) is 4.70 Å². The van der Waals surface area contributed by atoms with Crippen LogP contribution in [0.2, 0.25) is 0 Å². The number of rotatable bonds is 7. The van der Waals surface area contributed by atoms with Crippen molar-refractivity contribution in [3.05, 3.63) is 437 Å². The van der Waals surface area contributed by atoms with Gasteiger partial charge in [-0.3, -0.25) is 4.70 Å². The molecule has 0 saturated carbocycles. The van der Waals surface area contributed by atoms with Gasteiger partial charge in [0, 0.05) is 95.7 Å². The third kappa shape index (κ3) is 11.4. The molecule has 8 nitrogen and oxygen atoms in total. The Morgan fingerprint density at radius 1 is 0.241 bits per heavy atom. The van der Waals surface area contributed by atoms with Crippen molar-refractivity contribution in [1.29, 1.82) is 0 Å². The molecule has 0 unspecified atom stereocenters. The van der Waals surface area contributed by atoms with Crippen LogP contribution in [0.15, 0.2) is 412 Å². The molecule has 4 aliphatic rings. The molecule has 12 heteroatoms. The molecule has 16 aromatic carbocycles. The third-order valence-corrected chi connectivity index (χ3v) is 25.7. The highest BCUT2D eigenvalue weighted by molar-refractivity contribution is 9.10. The van der Waals surface area contributed by atoms with E-state index in [9.17, 15) is 0 Å². The first kappa shape index (κ1) is 70.1. The molecule has 0 saturated heterocycles. The molecule has 0 bridgehead atoms. The molecule has 4 aromatic heterocycles. The second-order valence-corrected chi connectivity index (χ2v) is 32.4. The second-order valence-electron chi connectivity index (χ2n) is 29.3. The number of H-pyrrole nitrogens is 1. The molecule has 0 radical (unpaired) electrons. The topological polar surface area (TPSA) is 98.1 Å². The van der Waals surface area contributed by atoms with Gasteiger partial charge in [0.15, 0.2) is 34.9 Å². The summed E-state index contributed by atoms with van der Waals surface area (Å²) in [6, 6.07) is 138. The lowest BCUT2D eigenvalue weighted by Crippen LogP contribution is -2.32. The number of hydrogen-bond acceptors (Lipinski definition) is 8. The number of aromatic amines is 1. The number of nitrogens with zero attached hydrogens (tertiary/aromatic N) is 7. The van der Waals surface area contributed by atoms with E-state index >= 15 is 0 Å². The Morgan fingerprint density at radius 3 is 1.06 bits per heavy atom. The molecule has 6 heterocycles. The largest absolute Gasteiger partial charge is 0.355 e. The summed E-state index contributed by atoms with van der Waals surface area (Å²) in [5, 5.41) is 5.04. The second kappa shape index (κ2) is 28.7. The Hall–Kier alpha value is -13.8. The maximum atomic E-state index is 5.08. The van der Waals surface area contributed by atoms with E-state index in [2.05, 4.69) is 273 Å². The van der Waals surface area contributed by atoms with Crippen LogP contribution in [0.1, 0.15) is 44.5 Å². The molecule has 116 heavy (non-hydrogen) atoms. The molecule has 24 rings (SSSR count). The molecule has 20 aromatic rings. The number of hydrogen-bond donors (Lipinski definition) is 1. The third-order valence-electron chi connectivity index (χ3n) is 23.0. The Balaban J connectivity index is 0.000000120. The van der Waals surface area contributed by atoms with Gasteiger partial charge in [-0.1, -0.05) is 355 Å². The summed E-state index contributed by atoms with van der Waals surface area (Å²) in [5.74, 6) is 3.93. The van der Waals surface area contributed by atoms with E-state index in [0.29, 0.717) is 34.9 Å². The number of benzene rings is 16. The first-order chi connectivity index (χ1) is 56.9. The van der Waals surface area contributed by atoms with E-state index < -0.39 is 5.41 Å². The van der Waals surface area contributed by atoms with Crippen LogP contribution in [0.25, 0.3) is 140 Å². The molecule has 2 spiro atoms. The number of nitrogens with one attached hydrogen (secondary N) is 1. The number of halogens is 2. The van der Waals surface area contributed by atoms with Gasteiger partial charge < -0.3 is 9.55 Å². The van der Waals surface area contributed by atoms with Gasteiger partial charge >= 0.3 is 0 Å². The predicted molar refractivity (Wildman–Crippen MR) is 475 cm³/mol. The van der Waals surface area contributed by atoms with Crippen LogP contribution in [-0.2, 0) is 10.8 Å². The van der Waals surface area contributed by atoms with Gasteiger partial charge in [-0.25, -0.2) is 29.9 Å². The van der Waals surface area contributed by atoms with Gasteiger partial charge in [0.25, 0.3) is 0 Å². The molecular weight excluding hydrogens is 1520 g/mol. The van der Waals surface area contributed by atoms with Crippen LogP contribution in [0.5, 0.6) is 0 Å². The fourth-order valence-electron chi connectivity index (χ4n) is 18.1. The Labute approximate surface area is 686 Å². The zero-order valence-corrected chi connectivity index (χ0v) is 65.4. The van der Waals surface area contributed by atoms with Crippen molar-refractivity contribution < 1.29 is 4.70 Å². The van der Waals surface area contributed by atoms with Crippen LogP contribution in [-0.4, -0.2) is 39.5 Å². The number of aromatic nitrogens is 8. The van der Waals surface area contributed by atoms with Gasteiger partial charge in [0.2, 0.25) is 0 Å². The minimum absolute atomic E-state index is 0. The average molecular weight is 1590 g/mol. The summed E-state index contributed by atoms with van der Waals surface area (Å²) in [6.45, 7) is 0. The standard InChI is InChI=1S/C52H32N4S.C31H19NS.C21H14BrN3.FH/c1-3-16-33(17-4-1)49-53-50(34-18-5-2-6-19-34)55-51(54-49)35-20-15-21-36(30-35)56-45-28-13-9-24-39(45)40-31-48-44(32-46(40)56)52(43-27-12-14-29-47(43)57-48)41-25-10-7-22-37(41)38-23-8-11-26-42(38)52;1-4-12-23-19(9-1)20-10-2-5-13-24(20)31(23)25-14-6-8-16-29(25)33-30-17-22-21-11-3-7-15-27(21)32-28(22)18-26(30)31;22-18-13-7-12-17(14-18)21-24-19(15-8-3-1-4-9-15)23-20(25-21)16-10-5-2-6-11-16;/h1-32H;1-18,32H;1-14H;1H. The van der Waals surface area contributed by atoms with Crippen molar-refractivity contribution in [1.82, 2.24) is 39.5 Å². The molecule has 2 aliphatic carbocycles. The summed E-state index contributed by atoms with van der Waals surface area (Å²) in [7, 11) is 0. The van der Waals surface area contributed by atoms with Crippen molar-refractivity contribution in [3.8, 4) is 96.3 Å². The molecule has 2 aliphatic heterocycles. The van der Waals surface area contributed by atoms with E-state index in [1.165, 1.54) is 124 Å². The van der Waals surface area contributed by atoms with E-state index in [-0.39, 0.29) is 10.1 Å². The maximum absolute atomic E-state index is 5.08. The Bertz CT molecular complexity index is 7070. The van der Waals surface area contributed by atoms with Crippen molar-refractivity contribution in [3.63, 3.8) is 0 Å². The van der Waals surface area contributed by atoms with Gasteiger partial charge in [0.05, 0.1) is 21.9 Å². The van der Waals surface area contributed by atoms with Crippen LogP contribution in [0, 0.1) is 0 Å². The number of fused-ring (bicyclic) bond motifs is 24. The molecule has 0 atom stereocenters. The summed E-state index contributed by atoms with van der Waals surface area (Å²) in [4.78, 5) is 38.2. The number of para-hydroxylation sites is 2. The first-order valence-corrected chi connectivity index (χ1v) is 41.0. The van der Waals surface area contributed by atoms with E-state index in [1.807, 2.05) is 169 Å². The lowest BCUT2D eigenvalue weighted by atomic mass is 9.67. The predicted octanol–water partition coefficient (Wildman–Crippen LogP) is 26.7. The molecular formula is C104H66BrFN8S2. The smallest absolute Gasteiger partial charge is 0.164 e. The monoisotopic (exact) mass is 1590 g/mol. The highest BCUT2D eigenvalue weighted by atomic mass is 79.9. The Kier molecular flexibility index (Phi) is 17.4. The van der Waals surface area contributed by atoms with Crippen LogP contribution < -0.4 is 0 Å². The highest BCUT2D eigenvalue weighted by Crippen LogP contribution is 2.65. The van der Waals surface area contributed by atoms with Crippen molar-refractivity contribution in [2.45, 2.75) is 30.4 Å². The van der Waals surface area contributed by atoms with E-state index in [1.54, 1.807) is 0 Å². The minimum Gasteiger partial charge on any atom is -0.355 e. The summed E-state index contributed by atoms with van der Waals surface area (Å²) in [6.07, 6.45) is 0. The lowest BCUT2D eigenvalue weighted by molar-refractivity contribution is 0.724. The minimum atomic E-state index is -0.464. The summed E-state index contributed by atoms with van der Waals surface area (Å²) >= 11 is 7.31. The van der Waals surface area contributed by atoms with Gasteiger partial charge in [-0.05, 0) is 140 Å². The first-order valence-electron chi connectivity index (χ1n) is 38.6. The molecule has 548 valence electrons. The fourth-order valence-corrected chi connectivity index (χ4v) is 20.9. The fraction of sp³-hybridized carbons (Fsp3) is 0.0192. The molecule has 1 N–H and O–H groups in total. The zero-order chi connectivity index (χ0) is 76.1. The van der Waals surface area contributed by atoms with Crippen molar-refractivity contribution in [2.24, 2.45) is 0 Å². The van der Waals surface area contributed by atoms with E-state index in [0.717, 1.165) is 49.1 Å². The summed E-state index contributed by atoms with van der Waals surface area (Å²) in [5.41, 5.74) is 26.9. The van der Waals surface area contributed by atoms with Gasteiger partial charge in [0.1, 0.15) is 0 Å². The molecule has 0 amide bonds. The summed E-state index contributed by atoms with van der Waals surface area (Å²) < 4.78 is 3.42. The normalized spacial score (nSPS) is 13.0. The average Bonchev–Trinajstić information content (AvgIpc) is 1.51. The quantitative estimate of drug-likeness (QED) is 0.169. The van der Waals surface area contributed by atoms with Crippen LogP contribution >= 0.6 is 39.5 Å². The van der Waals surface area contributed by atoms with Crippen molar-refractivity contribution >= 4 is 83.1 Å². The zero-order valence-electron chi connectivity index (χ0n) is 62.2. The SMILES string of the molecule is Brc1cccc(-c2nc(-c3ccccc3)nc(-c3ccccc3)n2)c1.F.c1ccc(-c2nc(-c3ccccc3)nc(-c3cccc(-n4c5ccccc5c5cc6c(cc54)C4(c5ccccc5S6)c5ccccc5-c5ccccc54)c3)n2)cc1.c1ccc2c(c1)Sc1cc3c(cc1C21c2ccccc2-c2ccccc21)[nH]c1ccccc13. The van der Waals surface area contributed by atoms with Gasteiger partial charge in [-0.15, -0.1) is 0 Å². The highest BCUT2D eigenvalue weighted by Gasteiger charge is 2.52. The van der Waals surface area contributed by atoms with E-state index in [4.69, 9.17) is 24.9 Å². The van der Waals surface area contributed by atoms with Gasteiger partial charge in [-0.2, -0.15) is 0 Å². The van der Waals surface area contributed by atoms with Crippen molar-refractivity contribution in [2.75, 3.05) is 0 Å². The molecule has 0 fully saturated rings. The Morgan fingerprint density at radius 2 is 0.595 bits per heavy atom.